The van der Waals surface area contributed by atoms with Crippen LogP contribution in [0.4, 0.5) is 0 Å². The lowest BCUT2D eigenvalue weighted by Gasteiger charge is -2.35. The topological polar surface area (TPSA) is 90.9 Å². The second kappa shape index (κ2) is 13.8. The van der Waals surface area contributed by atoms with Crippen LogP contribution in [0.5, 0.6) is 5.75 Å². The molecule has 0 saturated carbocycles. The van der Waals surface area contributed by atoms with Gasteiger partial charge in [0.2, 0.25) is 5.91 Å². The van der Waals surface area contributed by atoms with E-state index in [9.17, 15) is 14.4 Å². The van der Waals surface area contributed by atoms with E-state index in [0.29, 0.717) is 45.3 Å². The number of hydrogen-bond acceptors (Lipinski definition) is 6. The molecule has 0 heterocycles. The van der Waals surface area contributed by atoms with Gasteiger partial charge >= 0.3 is 11.9 Å². The van der Waals surface area contributed by atoms with Crippen LogP contribution in [-0.4, -0.2) is 36.6 Å². The van der Waals surface area contributed by atoms with Gasteiger partial charge in [-0.3, -0.25) is 4.79 Å². The first kappa shape index (κ1) is 33.2. The largest absolute Gasteiger partial charge is 0.489 e. The van der Waals surface area contributed by atoms with Crippen molar-refractivity contribution in [3.05, 3.63) is 86.4 Å². The Kier molecular flexibility index (Phi) is 10.9. The van der Waals surface area contributed by atoms with Crippen molar-refractivity contribution >= 4 is 41.0 Å². The zero-order valence-electron chi connectivity index (χ0n) is 25.2. The van der Waals surface area contributed by atoms with Gasteiger partial charge in [0, 0.05) is 33.7 Å². The summed E-state index contributed by atoms with van der Waals surface area (Å²) in [6.45, 7) is 11.4. The number of methoxy groups -OCH3 is 1. The fourth-order valence-electron chi connectivity index (χ4n) is 4.91. The van der Waals surface area contributed by atoms with Crippen LogP contribution < -0.4 is 10.1 Å². The Morgan fingerprint density at radius 1 is 1.05 bits per heavy atom. The van der Waals surface area contributed by atoms with Gasteiger partial charge in [-0.1, -0.05) is 55.2 Å². The smallest absolute Gasteiger partial charge is 0.331 e. The molecule has 0 bridgehead atoms. The number of allylic oxidation sites excluding steroid dienone is 2. The van der Waals surface area contributed by atoms with E-state index in [2.05, 4.69) is 5.32 Å². The molecular weight excluding hydrogens is 577 g/mol. The van der Waals surface area contributed by atoms with E-state index in [1.54, 1.807) is 51.1 Å². The molecule has 1 N–H and O–H groups in total. The minimum absolute atomic E-state index is 0.202. The number of ether oxygens (including phenoxy) is 3. The lowest BCUT2D eigenvalue weighted by molar-refractivity contribution is -0.148. The summed E-state index contributed by atoms with van der Waals surface area (Å²) in [5.41, 5.74) is 2.38. The Morgan fingerprint density at radius 3 is 2.24 bits per heavy atom. The average Bonchev–Trinajstić information content (AvgIpc) is 2.89. The highest BCUT2D eigenvalue weighted by atomic mass is 35.5. The van der Waals surface area contributed by atoms with Crippen LogP contribution in [0.2, 0.25) is 10.0 Å². The fourth-order valence-corrected chi connectivity index (χ4v) is 5.42. The number of hydrogen-bond donors (Lipinski definition) is 1. The third-order valence-electron chi connectivity index (χ3n) is 7.08. The first-order valence-corrected chi connectivity index (χ1v) is 14.6. The molecule has 0 fully saturated rings. The molecule has 0 radical (unpaired) electrons. The summed E-state index contributed by atoms with van der Waals surface area (Å²) in [6, 6.07) is 11.5. The quantitative estimate of drug-likeness (QED) is 0.237. The molecule has 1 aliphatic rings. The monoisotopic (exact) mass is 615 g/mol. The molecule has 2 aromatic rings. The van der Waals surface area contributed by atoms with Gasteiger partial charge in [-0.2, -0.15) is 0 Å². The number of rotatable bonds is 9. The van der Waals surface area contributed by atoms with E-state index in [1.807, 2.05) is 32.9 Å². The van der Waals surface area contributed by atoms with Crippen LogP contribution in [0.3, 0.4) is 0 Å². The van der Waals surface area contributed by atoms with Gasteiger partial charge in [0.15, 0.2) is 0 Å². The Hall–Kier alpha value is -3.29. The minimum Gasteiger partial charge on any atom is -0.489 e. The first-order valence-electron chi connectivity index (χ1n) is 13.8. The molecule has 0 saturated heterocycles. The van der Waals surface area contributed by atoms with E-state index in [1.165, 1.54) is 13.2 Å². The Labute approximate surface area is 258 Å². The van der Waals surface area contributed by atoms with Crippen molar-refractivity contribution in [3.8, 4) is 5.75 Å². The maximum Gasteiger partial charge on any atom is 0.331 e. The molecule has 0 unspecified atom stereocenters. The van der Waals surface area contributed by atoms with Gasteiger partial charge in [0.05, 0.1) is 7.11 Å². The van der Waals surface area contributed by atoms with E-state index in [-0.39, 0.29) is 18.9 Å². The van der Waals surface area contributed by atoms with Crippen molar-refractivity contribution in [1.82, 2.24) is 5.32 Å². The van der Waals surface area contributed by atoms with Crippen LogP contribution in [0.25, 0.3) is 0 Å². The molecule has 7 nitrogen and oxygen atoms in total. The molecule has 2 aromatic carbocycles. The second-order valence-corrected chi connectivity index (χ2v) is 12.8. The number of carbonyl (C=O) groups is 3. The van der Waals surface area contributed by atoms with Gasteiger partial charge in [-0.25, -0.2) is 9.59 Å². The van der Waals surface area contributed by atoms with Crippen LogP contribution >= 0.6 is 23.2 Å². The number of esters is 2. The van der Waals surface area contributed by atoms with E-state index >= 15 is 0 Å². The SMILES string of the molecule is COC(=O)[C@H](Cc1ccc(OCc2c(Cl)cccc2Cl)cc1)NC(=O)C1=C(C)/C(=C/C(=O)OC(C)(C)C)CCC1(C)C. The molecule has 0 aromatic heterocycles. The highest BCUT2D eigenvalue weighted by molar-refractivity contribution is 6.35. The summed E-state index contributed by atoms with van der Waals surface area (Å²) in [5.74, 6) is -0.791. The molecule has 1 amide bonds. The Bertz CT molecular complexity index is 1370. The standard InChI is InChI=1S/C33H39Cl2NO6/c1-20-22(18-28(37)42-32(2,3)4)15-16-33(5,6)29(20)30(38)36-27(31(39)40-7)17-21-11-13-23(14-12-21)41-19-24-25(34)9-8-10-26(24)35/h8-14,18,27H,15-17,19H2,1-7H3,(H,36,38)/b22-18+/t27-/m0/s1. The second-order valence-electron chi connectivity index (χ2n) is 12.0. The lowest BCUT2D eigenvalue weighted by atomic mass is 9.70. The van der Waals surface area contributed by atoms with E-state index in [4.69, 9.17) is 37.4 Å². The van der Waals surface area contributed by atoms with Crippen molar-refractivity contribution in [3.63, 3.8) is 0 Å². The number of amides is 1. The molecule has 1 aliphatic carbocycles. The van der Waals surface area contributed by atoms with Crippen molar-refractivity contribution in [2.75, 3.05) is 7.11 Å². The highest BCUT2D eigenvalue weighted by Crippen LogP contribution is 2.42. The van der Waals surface area contributed by atoms with Gasteiger partial charge < -0.3 is 19.5 Å². The molecular formula is C33H39Cl2NO6. The maximum absolute atomic E-state index is 13.7. The molecule has 0 aliphatic heterocycles. The molecule has 42 heavy (non-hydrogen) atoms. The highest BCUT2D eigenvalue weighted by Gasteiger charge is 2.37. The van der Waals surface area contributed by atoms with Gasteiger partial charge in [0.1, 0.15) is 24.0 Å². The zero-order valence-corrected chi connectivity index (χ0v) is 26.7. The van der Waals surface area contributed by atoms with E-state index in [0.717, 1.165) is 11.1 Å². The Morgan fingerprint density at radius 2 is 1.67 bits per heavy atom. The predicted octanol–water partition coefficient (Wildman–Crippen LogP) is 7.18. The lowest BCUT2D eigenvalue weighted by Crippen LogP contribution is -2.46. The third-order valence-corrected chi connectivity index (χ3v) is 7.79. The van der Waals surface area contributed by atoms with Crippen LogP contribution in [-0.2, 0) is 36.9 Å². The summed E-state index contributed by atoms with van der Waals surface area (Å²) >= 11 is 12.5. The van der Waals surface area contributed by atoms with Crippen LogP contribution in [0, 0.1) is 5.41 Å². The minimum atomic E-state index is -0.924. The van der Waals surface area contributed by atoms with Gasteiger partial charge in [-0.15, -0.1) is 0 Å². The normalized spacial score (nSPS) is 16.5. The van der Waals surface area contributed by atoms with Crippen LogP contribution in [0.1, 0.15) is 65.5 Å². The predicted molar refractivity (Wildman–Crippen MR) is 165 cm³/mol. The third kappa shape index (κ3) is 8.85. The van der Waals surface area contributed by atoms with E-state index < -0.39 is 29.0 Å². The van der Waals surface area contributed by atoms with Crippen molar-refractivity contribution in [1.29, 1.82) is 0 Å². The average molecular weight is 617 g/mol. The zero-order chi connectivity index (χ0) is 31.2. The number of benzene rings is 2. The first-order chi connectivity index (χ1) is 19.6. The van der Waals surface area contributed by atoms with Crippen molar-refractivity contribution < 1.29 is 28.6 Å². The maximum atomic E-state index is 13.7. The fraction of sp³-hybridized carbons (Fsp3) is 0.424. The summed E-state index contributed by atoms with van der Waals surface area (Å²) in [5, 5.41) is 3.93. The number of halogens is 2. The van der Waals surface area contributed by atoms with Crippen molar-refractivity contribution in [2.45, 2.75) is 79.1 Å². The number of carbonyl (C=O) groups excluding carboxylic acids is 3. The summed E-state index contributed by atoms with van der Waals surface area (Å²) in [7, 11) is 1.29. The van der Waals surface area contributed by atoms with Gasteiger partial charge in [0.25, 0.3) is 0 Å². The molecule has 1 atom stereocenters. The summed E-state index contributed by atoms with van der Waals surface area (Å²) in [6.07, 6.45) is 2.96. The Balaban J connectivity index is 1.77. The van der Waals surface area contributed by atoms with Crippen molar-refractivity contribution in [2.24, 2.45) is 5.41 Å². The number of nitrogens with one attached hydrogen (secondary N) is 1. The molecule has 0 spiro atoms. The summed E-state index contributed by atoms with van der Waals surface area (Å²) in [4.78, 5) is 38.9. The van der Waals surface area contributed by atoms with Crippen LogP contribution in [0.15, 0.2) is 65.3 Å². The molecule has 3 rings (SSSR count). The molecule has 226 valence electrons. The molecule has 9 heteroatoms. The van der Waals surface area contributed by atoms with Gasteiger partial charge in [-0.05, 0) is 86.9 Å². The summed E-state index contributed by atoms with van der Waals surface area (Å²) < 4.78 is 16.3.